The summed E-state index contributed by atoms with van der Waals surface area (Å²) >= 11 is 0. The van der Waals surface area contributed by atoms with Crippen LogP contribution in [-0.2, 0) is 13.0 Å². The lowest BCUT2D eigenvalue weighted by Crippen LogP contribution is -2.40. The Balaban J connectivity index is 1.34. The average Bonchev–Trinajstić information content (AvgIpc) is 3.27. The minimum atomic E-state index is -0.378. The third kappa shape index (κ3) is 4.59. The summed E-state index contributed by atoms with van der Waals surface area (Å²) in [5, 5.41) is 22.1. The molecule has 0 bridgehead atoms. The van der Waals surface area contributed by atoms with E-state index in [1.54, 1.807) is 12.3 Å². The first-order valence-electron chi connectivity index (χ1n) is 12.7. The molecule has 2 aliphatic heterocycles. The van der Waals surface area contributed by atoms with Gasteiger partial charge in [0, 0.05) is 24.8 Å². The molecular formula is C27H32N6O3. The van der Waals surface area contributed by atoms with Crippen molar-refractivity contribution in [2.24, 2.45) is 5.41 Å². The van der Waals surface area contributed by atoms with Crippen LogP contribution in [0.3, 0.4) is 0 Å². The van der Waals surface area contributed by atoms with Crippen LogP contribution < -0.4 is 10.2 Å². The molecule has 1 saturated carbocycles. The lowest BCUT2D eigenvalue weighted by atomic mass is 9.68. The number of amides is 2. The Labute approximate surface area is 211 Å². The van der Waals surface area contributed by atoms with Crippen LogP contribution in [-0.4, -0.2) is 59.0 Å². The first kappa shape index (κ1) is 24.3. The van der Waals surface area contributed by atoms with E-state index in [0.717, 1.165) is 62.7 Å². The zero-order chi connectivity index (χ0) is 25.3. The lowest BCUT2D eigenvalue weighted by Gasteiger charge is -2.37. The molecule has 4 heterocycles. The lowest BCUT2D eigenvalue weighted by molar-refractivity contribution is 0.111. The standard InChI is InChI=1S/C27H32N6O3/c1-32-10-8-27(17-32)6-4-18(5-7-27)22-12-24(29-14-21(22)13-28)31-26(36)33-9-2-3-19-11-20(15-34)23(16-35)30-25(19)33/h11-12,14,16,18,34H,2-10,15,17H2,1H3,(H,29,31,36). The second-order valence-electron chi connectivity index (χ2n) is 10.5. The Morgan fingerprint density at radius 3 is 2.78 bits per heavy atom. The number of aliphatic hydroxyl groups is 1. The SMILES string of the molecule is CN1CCC2(CCC(c3cc(NC(=O)N4CCCc5cc(CO)c(C=O)nc54)ncc3C#N)CC2)C1. The molecule has 2 aromatic heterocycles. The van der Waals surface area contributed by atoms with Gasteiger partial charge >= 0.3 is 6.03 Å². The number of hydrogen-bond donors (Lipinski definition) is 2. The van der Waals surface area contributed by atoms with E-state index in [0.29, 0.717) is 41.0 Å². The number of pyridine rings is 2. The second-order valence-corrected chi connectivity index (χ2v) is 10.5. The average molecular weight is 489 g/mol. The van der Waals surface area contributed by atoms with Crippen LogP contribution in [0, 0.1) is 16.7 Å². The van der Waals surface area contributed by atoms with Gasteiger partial charge in [0.2, 0.25) is 0 Å². The summed E-state index contributed by atoms with van der Waals surface area (Å²) in [4.78, 5) is 37.4. The molecule has 2 aromatic rings. The fraction of sp³-hybridized carbons (Fsp3) is 0.519. The van der Waals surface area contributed by atoms with Crippen LogP contribution in [0.2, 0.25) is 0 Å². The van der Waals surface area contributed by atoms with Crippen LogP contribution in [0.4, 0.5) is 16.4 Å². The Morgan fingerprint density at radius 1 is 1.31 bits per heavy atom. The van der Waals surface area contributed by atoms with Gasteiger partial charge in [-0.05, 0) is 93.1 Å². The molecule has 0 atom stereocenters. The molecule has 0 unspecified atom stereocenters. The van der Waals surface area contributed by atoms with Gasteiger partial charge in [-0.3, -0.25) is 15.0 Å². The maximum atomic E-state index is 13.3. The molecule has 1 saturated heterocycles. The highest BCUT2D eigenvalue weighted by molar-refractivity contribution is 6.01. The van der Waals surface area contributed by atoms with Crippen LogP contribution in [0.5, 0.6) is 0 Å². The molecule has 1 aliphatic carbocycles. The summed E-state index contributed by atoms with van der Waals surface area (Å²) in [7, 11) is 2.19. The van der Waals surface area contributed by atoms with E-state index in [-0.39, 0.29) is 24.2 Å². The van der Waals surface area contributed by atoms with Gasteiger partial charge in [-0.25, -0.2) is 14.8 Å². The number of anilines is 2. The van der Waals surface area contributed by atoms with Gasteiger partial charge in [0.15, 0.2) is 6.29 Å². The van der Waals surface area contributed by atoms with Crippen molar-refractivity contribution in [3.63, 3.8) is 0 Å². The molecule has 36 heavy (non-hydrogen) atoms. The zero-order valence-corrected chi connectivity index (χ0v) is 20.7. The predicted molar refractivity (Wildman–Crippen MR) is 135 cm³/mol. The maximum Gasteiger partial charge on any atom is 0.328 e. The van der Waals surface area contributed by atoms with Crippen molar-refractivity contribution in [3.8, 4) is 6.07 Å². The molecular weight excluding hydrogens is 456 g/mol. The van der Waals surface area contributed by atoms with E-state index >= 15 is 0 Å². The fourth-order valence-electron chi connectivity index (χ4n) is 6.24. The van der Waals surface area contributed by atoms with Crippen LogP contribution in [0.15, 0.2) is 18.3 Å². The van der Waals surface area contributed by atoms with Gasteiger partial charge in [-0.2, -0.15) is 5.26 Å². The van der Waals surface area contributed by atoms with Gasteiger partial charge < -0.3 is 10.0 Å². The number of nitrogens with zero attached hydrogens (tertiary/aromatic N) is 5. The maximum absolute atomic E-state index is 13.3. The van der Waals surface area contributed by atoms with E-state index in [1.807, 2.05) is 6.07 Å². The van der Waals surface area contributed by atoms with Crippen molar-refractivity contribution in [1.82, 2.24) is 14.9 Å². The molecule has 0 radical (unpaired) electrons. The smallest absolute Gasteiger partial charge is 0.328 e. The number of likely N-dealkylation sites (tertiary alicyclic amines) is 1. The van der Waals surface area contributed by atoms with Crippen molar-refractivity contribution in [3.05, 3.63) is 46.3 Å². The summed E-state index contributed by atoms with van der Waals surface area (Å²) in [6.45, 7) is 2.49. The van der Waals surface area contributed by atoms with Gasteiger partial charge in [0.25, 0.3) is 0 Å². The third-order valence-electron chi connectivity index (χ3n) is 8.21. The summed E-state index contributed by atoms with van der Waals surface area (Å²) in [6.07, 6.45) is 9.24. The molecule has 0 aromatic carbocycles. The monoisotopic (exact) mass is 488 g/mol. The third-order valence-corrected chi connectivity index (χ3v) is 8.21. The molecule has 2 amide bonds. The second kappa shape index (κ2) is 9.96. The van der Waals surface area contributed by atoms with Crippen LogP contribution in [0.1, 0.15) is 77.2 Å². The Kier molecular flexibility index (Phi) is 6.73. The van der Waals surface area contributed by atoms with Gasteiger partial charge in [-0.15, -0.1) is 0 Å². The van der Waals surface area contributed by atoms with Gasteiger partial charge in [0.1, 0.15) is 23.4 Å². The minimum Gasteiger partial charge on any atom is -0.392 e. The first-order chi connectivity index (χ1) is 17.4. The van der Waals surface area contributed by atoms with Crippen LogP contribution >= 0.6 is 0 Å². The number of aromatic nitrogens is 2. The highest BCUT2D eigenvalue weighted by Gasteiger charge is 2.40. The number of carbonyl (C=O) groups is 2. The number of carbonyl (C=O) groups excluding carboxylic acids is 2. The number of rotatable bonds is 4. The largest absolute Gasteiger partial charge is 0.392 e. The van der Waals surface area contributed by atoms with E-state index in [9.17, 15) is 20.0 Å². The van der Waals surface area contributed by atoms with E-state index < -0.39 is 0 Å². The molecule has 1 spiro atoms. The summed E-state index contributed by atoms with van der Waals surface area (Å²) in [6, 6.07) is 5.51. The van der Waals surface area contributed by atoms with Gasteiger partial charge in [0.05, 0.1) is 12.2 Å². The number of fused-ring (bicyclic) bond motifs is 1. The molecule has 2 N–H and O–H groups in total. The molecule has 5 rings (SSSR count). The topological polar surface area (TPSA) is 122 Å². The number of nitrogens with one attached hydrogen (secondary N) is 1. The Bertz CT molecular complexity index is 1210. The molecule has 3 aliphatic rings. The van der Waals surface area contributed by atoms with Crippen molar-refractivity contribution in [2.75, 3.05) is 36.9 Å². The number of nitriles is 1. The quantitative estimate of drug-likeness (QED) is 0.630. The van der Waals surface area contributed by atoms with Crippen LogP contribution in [0.25, 0.3) is 0 Å². The van der Waals surface area contributed by atoms with Crippen molar-refractivity contribution in [2.45, 2.75) is 57.5 Å². The van der Waals surface area contributed by atoms with E-state index in [2.05, 4.69) is 33.3 Å². The van der Waals surface area contributed by atoms with Crippen molar-refractivity contribution >= 4 is 24.0 Å². The first-order valence-corrected chi connectivity index (χ1v) is 12.7. The fourth-order valence-corrected chi connectivity index (χ4v) is 6.24. The molecule has 9 nitrogen and oxygen atoms in total. The van der Waals surface area contributed by atoms with Crippen molar-refractivity contribution < 1.29 is 14.7 Å². The number of aliphatic hydroxyl groups excluding tert-OH is 1. The number of hydrogen-bond acceptors (Lipinski definition) is 7. The minimum absolute atomic E-state index is 0.137. The van der Waals surface area contributed by atoms with Crippen molar-refractivity contribution in [1.29, 1.82) is 5.26 Å². The van der Waals surface area contributed by atoms with E-state index in [1.165, 1.54) is 11.3 Å². The molecule has 2 fully saturated rings. The molecule has 188 valence electrons. The highest BCUT2D eigenvalue weighted by atomic mass is 16.3. The summed E-state index contributed by atoms with van der Waals surface area (Å²) < 4.78 is 0. The van der Waals surface area contributed by atoms with Gasteiger partial charge in [-0.1, -0.05) is 0 Å². The number of aryl methyl sites for hydroxylation is 1. The zero-order valence-electron chi connectivity index (χ0n) is 20.7. The molecule has 9 heteroatoms. The number of aldehydes is 1. The Hall–Kier alpha value is -3.35. The van der Waals surface area contributed by atoms with E-state index in [4.69, 9.17) is 0 Å². The highest BCUT2D eigenvalue weighted by Crippen LogP contribution is 2.48. The summed E-state index contributed by atoms with van der Waals surface area (Å²) in [5.74, 6) is 1.12. The number of urea groups is 1. The predicted octanol–water partition coefficient (Wildman–Crippen LogP) is 3.62. The normalized spacial score (nSPS) is 23.8. The Morgan fingerprint density at radius 2 is 2.11 bits per heavy atom. The summed E-state index contributed by atoms with van der Waals surface area (Å²) in [5.41, 5.74) is 3.36.